The van der Waals surface area contributed by atoms with Gasteiger partial charge in [0.15, 0.2) is 11.5 Å². The number of amides is 1. The number of anilines is 1. The molecule has 7 nitrogen and oxygen atoms in total. The highest BCUT2D eigenvalue weighted by atomic mass is 19.4. The number of likely N-dealkylation sites (N-methyl/N-ethyl adjacent to an activating group) is 2. The van der Waals surface area contributed by atoms with Gasteiger partial charge in [0, 0.05) is 13.1 Å². The molecule has 0 radical (unpaired) electrons. The van der Waals surface area contributed by atoms with Gasteiger partial charge in [0.25, 0.3) is 0 Å². The molecule has 2 aromatic rings. The van der Waals surface area contributed by atoms with Gasteiger partial charge in [-0.15, -0.1) is 0 Å². The molecule has 0 saturated heterocycles. The first-order valence-corrected chi connectivity index (χ1v) is 6.66. The molecule has 0 aliphatic rings. The minimum Gasteiger partial charge on any atom is -0.355 e. The van der Waals surface area contributed by atoms with Crippen molar-refractivity contribution in [2.75, 3.05) is 24.5 Å². The number of aromatic nitrogens is 4. The lowest BCUT2D eigenvalue weighted by Crippen LogP contribution is -2.38. The second-order valence-electron chi connectivity index (χ2n) is 4.44. The van der Waals surface area contributed by atoms with Crippen molar-refractivity contribution in [3.8, 4) is 0 Å². The normalized spacial score (nSPS) is 11.7. The fourth-order valence-electron chi connectivity index (χ4n) is 1.94. The fraction of sp³-hybridized carbons (Fsp3) is 0.500. The van der Waals surface area contributed by atoms with Gasteiger partial charge in [-0.25, -0.2) is 15.0 Å². The third kappa shape index (κ3) is 3.26. The summed E-state index contributed by atoms with van der Waals surface area (Å²) in [6.45, 7) is 4.12. The molecular formula is C12H15F3N6O. The maximum atomic E-state index is 12.9. The highest BCUT2D eigenvalue weighted by Gasteiger charge is 2.36. The molecule has 22 heavy (non-hydrogen) atoms. The smallest absolute Gasteiger partial charge is 0.355 e. The minimum atomic E-state index is -4.69. The Labute approximate surface area is 124 Å². The van der Waals surface area contributed by atoms with Gasteiger partial charge in [0.2, 0.25) is 11.7 Å². The Kier molecular flexibility index (Phi) is 4.48. The lowest BCUT2D eigenvalue weighted by Gasteiger charge is -2.22. The molecule has 0 atom stereocenters. The number of H-pyrrole nitrogens is 1. The third-order valence-corrected chi connectivity index (χ3v) is 2.91. The monoisotopic (exact) mass is 316 g/mol. The molecule has 0 aliphatic carbocycles. The van der Waals surface area contributed by atoms with E-state index in [1.807, 2.05) is 0 Å². The predicted octanol–water partition coefficient (Wildman–Crippen LogP) is 1.33. The summed E-state index contributed by atoms with van der Waals surface area (Å²) in [5, 5.41) is 2.59. The number of nitrogens with one attached hydrogen (secondary N) is 2. The van der Waals surface area contributed by atoms with Crippen molar-refractivity contribution in [2.45, 2.75) is 20.0 Å². The third-order valence-electron chi connectivity index (χ3n) is 2.91. The van der Waals surface area contributed by atoms with Gasteiger partial charge >= 0.3 is 6.18 Å². The molecule has 1 amide bonds. The summed E-state index contributed by atoms with van der Waals surface area (Å²) in [6, 6.07) is 0. The molecule has 2 heterocycles. The lowest BCUT2D eigenvalue weighted by atomic mass is 10.3. The quantitative estimate of drug-likeness (QED) is 0.869. The van der Waals surface area contributed by atoms with E-state index < -0.39 is 12.0 Å². The molecule has 0 bridgehead atoms. The van der Waals surface area contributed by atoms with E-state index in [4.69, 9.17) is 0 Å². The van der Waals surface area contributed by atoms with Gasteiger partial charge in [-0.3, -0.25) is 4.79 Å². The van der Waals surface area contributed by atoms with Crippen molar-refractivity contribution >= 4 is 22.9 Å². The summed E-state index contributed by atoms with van der Waals surface area (Å²) in [5.41, 5.74) is 0.172. The Hall–Kier alpha value is -2.39. The molecule has 0 aliphatic heterocycles. The Morgan fingerprint density at radius 1 is 1.36 bits per heavy atom. The number of aromatic amines is 1. The first kappa shape index (κ1) is 16.0. The molecule has 0 unspecified atom stereocenters. The number of alkyl halides is 3. The lowest BCUT2D eigenvalue weighted by molar-refractivity contribution is -0.144. The molecule has 0 spiro atoms. The van der Waals surface area contributed by atoms with Crippen LogP contribution < -0.4 is 10.2 Å². The van der Waals surface area contributed by atoms with Crippen molar-refractivity contribution in [3.05, 3.63) is 12.2 Å². The molecule has 0 saturated carbocycles. The van der Waals surface area contributed by atoms with Crippen molar-refractivity contribution < 1.29 is 18.0 Å². The van der Waals surface area contributed by atoms with E-state index in [0.717, 1.165) is 0 Å². The number of rotatable bonds is 5. The van der Waals surface area contributed by atoms with E-state index in [9.17, 15) is 18.0 Å². The highest BCUT2D eigenvalue weighted by molar-refractivity contribution is 5.87. The van der Waals surface area contributed by atoms with E-state index in [0.29, 0.717) is 13.1 Å². The Morgan fingerprint density at radius 2 is 2.09 bits per heavy atom. The molecule has 120 valence electrons. The van der Waals surface area contributed by atoms with Crippen LogP contribution in [-0.2, 0) is 11.0 Å². The van der Waals surface area contributed by atoms with Crippen LogP contribution in [0.15, 0.2) is 6.33 Å². The van der Waals surface area contributed by atoms with Crippen molar-refractivity contribution in [3.63, 3.8) is 0 Å². The van der Waals surface area contributed by atoms with Gasteiger partial charge in [-0.1, -0.05) is 0 Å². The minimum absolute atomic E-state index is 0.00331. The van der Waals surface area contributed by atoms with Gasteiger partial charge in [-0.2, -0.15) is 13.2 Å². The highest BCUT2D eigenvalue weighted by Crippen LogP contribution is 2.30. The predicted molar refractivity (Wildman–Crippen MR) is 73.3 cm³/mol. The molecule has 10 heteroatoms. The molecule has 2 rings (SSSR count). The Balaban J connectivity index is 2.47. The Bertz CT molecular complexity index is 668. The number of hydrogen-bond donors (Lipinski definition) is 2. The summed E-state index contributed by atoms with van der Waals surface area (Å²) in [5.74, 6) is -1.58. The molecule has 2 aromatic heterocycles. The van der Waals surface area contributed by atoms with Crippen LogP contribution in [0.5, 0.6) is 0 Å². The average Bonchev–Trinajstić information content (AvgIpc) is 2.91. The van der Waals surface area contributed by atoms with Crippen LogP contribution in [0.3, 0.4) is 0 Å². The number of hydrogen-bond acceptors (Lipinski definition) is 5. The zero-order valence-electron chi connectivity index (χ0n) is 12.0. The largest absolute Gasteiger partial charge is 0.451 e. The Morgan fingerprint density at radius 3 is 2.68 bits per heavy atom. The zero-order chi connectivity index (χ0) is 16.3. The van der Waals surface area contributed by atoms with Crippen LogP contribution in [0.1, 0.15) is 19.7 Å². The first-order valence-electron chi connectivity index (χ1n) is 6.66. The number of halogens is 3. The van der Waals surface area contributed by atoms with Crippen LogP contribution in [0.2, 0.25) is 0 Å². The van der Waals surface area contributed by atoms with Crippen LogP contribution in [0.25, 0.3) is 11.2 Å². The summed E-state index contributed by atoms with van der Waals surface area (Å²) >= 11 is 0. The maximum Gasteiger partial charge on any atom is 0.451 e. The van der Waals surface area contributed by atoms with E-state index in [1.54, 1.807) is 13.8 Å². The van der Waals surface area contributed by atoms with E-state index >= 15 is 0 Å². The molecular weight excluding hydrogens is 301 g/mol. The first-order chi connectivity index (χ1) is 10.4. The van der Waals surface area contributed by atoms with Gasteiger partial charge in [0.1, 0.15) is 5.52 Å². The average molecular weight is 316 g/mol. The van der Waals surface area contributed by atoms with E-state index in [2.05, 4.69) is 25.3 Å². The van der Waals surface area contributed by atoms with E-state index in [1.165, 1.54) is 11.2 Å². The molecule has 0 fully saturated rings. The zero-order valence-corrected chi connectivity index (χ0v) is 12.0. The van der Waals surface area contributed by atoms with E-state index in [-0.39, 0.29) is 29.4 Å². The number of carbonyl (C=O) groups excluding carboxylic acids is 1. The number of carbonyl (C=O) groups is 1. The summed E-state index contributed by atoms with van der Waals surface area (Å²) < 4.78 is 38.7. The van der Waals surface area contributed by atoms with Crippen LogP contribution >= 0.6 is 0 Å². The second kappa shape index (κ2) is 6.16. The topological polar surface area (TPSA) is 86.8 Å². The maximum absolute atomic E-state index is 12.9. The number of nitrogens with zero attached hydrogens (tertiary/aromatic N) is 4. The number of imidazole rings is 1. The summed E-state index contributed by atoms with van der Waals surface area (Å²) in [7, 11) is 0. The molecule has 2 N–H and O–H groups in total. The van der Waals surface area contributed by atoms with Crippen LogP contribution in [-0.4, -0.2) is 45.5 Å². The van der Waals surface area contributed by atoms with Crippen molar-refractivity contribution in [1.29, 1.82) is 0 Å². The van der Waals surface area contributed by atoms with Crippen molar-refractivity contribution in [1.82, 2.24) is 25.3 Å². The molecule has 0 aromatic carbocycles. The van der Waals surface area contributed by atoms with Gasteiger partial charge < -0.3 is 15.2 Å². The van der Waals surface area contributed by atoms with Gasteiger partial charge in [0.05, 0.1) is 12.9 Å². The summed E-state index contributed by atoms with van der Waals surface area (Å²) in [4.78, 5) is 26.6. The fourth-order valence-corrected chi connectivity index (χ4v) is 1.94. The van der Waals surface area contributed by atoms with Crippen molar-refractivity contribution in [2.24, 2.45) is 0 Å². The summed E-state index contributed by atoms with van der Waals surface area (Å²) in [6.07, 6.45) is -3.45. The second-order valence-corrected chi connectivity index (χ2v) is 4.44. The van der Waals surface area contributed by atoms with Gasteiger partial charge in [-0.05, 0) is 13.8 Å². The standard InChI is InChI=1S/C12H15F3N6O/c1-3-16-7(22)5-21(4-2)10-8-9(18-6-17-8)19-11(20-10)12(13,14)15/h6H,3-5H2,1-2H3,(H,16,22)(H,17,18,19,20). The number of fused-ring (bicyclic) bond motifs is 1. The van der Waals surface area contributed by atoms with Crippen LogP contribution in [0.4, 0.5) is 19.0 Å². The van der Waals surface area contributed by atoms with Crippen LogP contribution in [0, 0.1) is 0 Å². The SMILES string of the molecule is CCNC(=O)CN(CC)c1nc(C(F)(F)F)nc2nc[nH]c12.